The van der Waals surface area contributed by atoms with E-state index in [9.17, 15) is 0 Å². The van der Waals surface area contributed by atoms with Crippen molar-refractivity contribution in [1.82, 2.24) is 4.40 Å². The van der Waals surface area contributed by atoms with E-state index in [2.05, 4.69) is 234 Å². The molecule has 0 unspecified atom stereocenters. The Kier molecular flexibility index (Phi) is 7.91. The van der Waals surface area contributed by atoms with Crippen molar-refractivity contribution < 1.29 is 4.42 Å². The van der Waals surface area contributed by atoms with Gasteiger partial charge < -0.3 is 13.7 Å². The molecule has 0 aliphatic heterocycles. The first-order valence-electron chi connectivity index (χ1n) is 21.6. The summed E-state index contributed by atoms with van der Waals surface area (Å²) in [5.41, 5.74) is 15.8. The van der Waals surface area contributed by atoms with Crippen molar-refractivity contribution in [3.63, 3.8) is 0 Å². The van der Waals surface area contributed by atoms with Crippen LogP contribution in [0.1, 0.15) is 0 Å². The fourth-order valence-corrected chi connectivity index (χ4v) is 10.0. The first kappa shape index (κ1) is 35.4. The standard InChI is InChI=1S/C60H38N2O/c1-3-14-39(15-4-1)44-28-33-49-50-35-32-46(38-58(50)63-57(49)37-44)61(54-25-13-19-41-16-7-8-20-47(41)54)45-30-26-40(27-31-45)43-29-34-51-53(36-43)48-21-9-11-23-55(48)62-56-24-12-10-22-52(56)59(60(51)62)42-17-5-2-6-18-42/h1-38H. The number of furan rings is 1. The van der Waals surface area contributed by atoms with Gasteiger partial charge in [-0.25, -0.2) is 0 Å². The van der Waals surface area contributed by atoms with Crippen molar-refractivity contribution in [2.24, 2.45) is 0 Å². The van der Waals surface area contributed by atoms with Crippen LogP contribution in [0, 0.1) is 0 Å². The first-order chi connectivity index (χ1) is 31.2. The highest BCUT2D eigenvalue weighted by Gasteiger charge is 2.21. The quantitative estimate of drug-likeness (QED) is 0.156. The van der Waals surface area contributed by atoms with E-state index in [1.165, 1.54) is 71.1 Å². The summed E-state index contributed by atoms with van der Waals surface area (Å²) in [4.78, 5) is 2.36. The third-order valence-corrected chi connectivity index (χ3v) is 12.9. The van der Waals surface area contributed by atoms with Gasteiger partial charge in [-0.1, -0.05) is 164 Å². The second-order valence-corrected chi connectivity index (χ2v) is 16.5. The molecule has 0 radical (unpaired) electrons. The summed E-state index contributed by atoms with van der Waals surface area (Å²) in [6.07, 6.45) is 0. The van der Waals surface area contributed by atoms with Crippen LogP contribution in [0.3, 0.4) is 0 Å². The first-order valence-corrected chi connectivity index (χ1v) is 21.6. The van der Waals surface area contributed by atoms with Crippen molar-refractivity contribution in [2.45, 2.75) is 0 Å². The lowest BCUT2D eigenvalue weighted by molar-refractivity contribution is 0.669. The molecule has 3 nitrogen and oxygen atoms in total. The number of pyridine rings is 1. The molecule has 13 rings (SSSR count). The van der Waals surface area contributed by atoms with Crippen molar-refractivity contribution in [3.8, 4) is 33.4 Å². The Bertz CT molecular complexity index is 3890. The zero-order valence-electron chi connectivity index (χ0n) is 34.2. The van der Waals surface area contributed by atoms with E-state index in [1.807, 2.05) is 6.07 Å². The molecule has 13 aromatic rings. The van der Waals surface area contributed by atoms with Gasteiger partial charge in [-0.3, -0.25) is 0 Å². The van der Waals surface area contributed by atoms with Gasteiger partial charge in [-0.05, 0) is 99.3 Å². The molecule has 63 heavy (non-hydrogen) atoms. The van der Waals surface area contributed by atoms with Crippen molar-refractivity contribution in [2.75, 3.05) is 4.90 Å². The van der Waals surface area contributed by atoms with Gasteiger partial charge in [0.1, 0.15) is 11.2 Å². The molecular formula is C60H38N2O. The van der Waals surface area contributed by atoms with Crippen LogP contribution in [-0.4, -0.2) is 4.40 Å². The molecule has 0 atom stereocenters. The second-order valence-electron chi connectivity index (χ2n) is 16.5. The van der Waals surface area contributed by atoms with Gasteiger partial charge >= 0.3 is 0 Å². The van der Waals surface area contributed by atoms with Crippen LogP contribution in [0.25, 0.3) is 104 Å². The number of nitrogens with zero attached hydrogens (tertiary/aromatic N) is 2. The Balaban J connectivity index is 0.959. The van der Waals surface area contributed by atoms with E-state index < -0.39 is 0 Å². The van der Waals surface area contributed by atoms with E-state index in [4.69, 9.17) is 4.42 Å². The number of fused-ring (bicyclic) bond motifs is 12. The largest absolute Gasteiger partial charge is 0.456 e. The average Bonchev–Trinajstić information content (AvgIpc) is 3.90. The molecule has 0 fully saturated rings. The summed E-state index contributed by atoms with van der Waals surface area (Å²) < 4.78 is 9.12. The normalized spacial score (nSPS) is 11.8. The van der Waals surface area contributed by atoms with Gasteiger partial charge in [-0.2, -0.15) is 0 Å². The maximum absolute atomic E-state index is 6.66. The Morgan fingerprint density at radius 1 is 0.317 bits per heavy atom. The zero-order chi connectivity index (χ0) is 41.4. The van der Waals surface area contributed by atoms with Crippen molar-refractivity contribution in [1.29, 1.82) is 0 Å². The minimum atomic E-state index is 0.860. The molecule has 0 aliphatic carbocycles. The minimum absolute atomic E-state index is 0.860. The number of anilines is 3. The number of aromatic nitrogens is 1. The molecule has 3 heteroatoms. The predicted octanol–water partition coefficient (Wildman–Crippen LogP) is 16.9. The van der Waals surface area contributed by atoms with Crippen LogP contribution >= 0.6 is 0 Å². The van der Waals surface area contributed by atoms with Gasteiger partial charge in [0.25, 0.3) is 0 Å². The molecule has 0 N–H and O–H groups in total. The van der Waals surface area contributed by atoms with Crippen molar-refractivity contribution >= 4 is 87.9 Å². The lowest BCUT2D eigenvalue weighted by atomic mass is 9.95. The van der Waals surface area contributed by atoms with Crippen LogP contribution in [-0.2, 0) is 0 Å². The van der Waals surface area contributed by atoms with E-state index in [0.717, 1.165) is 50.1 Å². The number of hydrogen-bond acceptors (Lipinski definition) is 2. The van der Waals surface area contributed by atoms with Crippen LogP contribution in [0.5, 0.6) is 0 Å². The lowest BCUT2D eigenvalue weighted by Gasteiger charge is -2.27. The number of benzene rings is 10. The maximum Gasteiger partial charge on any atom is 0.137 e. The topological polar surface area (TPSA) is 20.8 Å². The molecule has 0 saturated carbocycles. The minimum Gasteiger partial charge on any atom is -0.456 e. The maximum atomic E-state index is 6.66. The fraction of sp³-hybridized carbons (Fsp3) is 0. The summed E-state index contributed by atoms with van der Waals surface area (Å²) in [7, 11) is 0. The number of hydrogen-bond donors (Lipinski definition) is 0. The Morgan fingerprint density at radius 2 is 0.857 bits per heavy atom. The lowest BCUT2D eigenvalue weighted by Crippen LogP contribution is -2.10. The number of rotatable bonds is 6. The second kappa shape index (κ2) is 14.1. The molecule has 3 aromatic heterocycles. The van der Waals surface area contributed by atoms with Crippen LogP contribution < -0.4 is 4.90 Å². The Labute approximate surface area is 363 Å². The van der Waals surface area contributed by atoms with Gasteiger partial charge in [0, 0.05) is 55.3 Å². The van der Waals surface area contributed by atoms with E-state index >= 15 is 0 Å². The van der Waals surface area contributed by atoms with Crippen LogP contribution in [0.4, 0.5) is 17.1 Å². The summed E-state index contributed by atoms with van der Waals surface area (Å²) in [6, 6.07) is 83.4. The smallest absolute Gasteiger partial charge is 0.137 e. The average molecular weight is 803 g/mol. The Morgan fingerprint density at radius 3 is 1.63 bits per heavy atom. The molecule has 0 amide bonds. The van der Waals surface area contributed by atoms with Gasteiger partial charge in [0.05, 0.1) is 22.2 Å². The molecule has 0 bridgehead atoms. The van der Waals surface area contributed by atoms with Gasteiger partial charge in [0.2, 0.25) is 0 Å². The van der Waals surface area contributed by atoms with Gasteiger partial charge in [-0.15, -0.1) is 0 Å². The zero-order valence-corrected chi connectivity index (χ0v) is 34.2. The Hall–Kier alpha value is -8.40. The van der Waals surface area contributed by atoms with E-state index in [-0.39, 0.29) is 0 Å². The highest BCUT2D eigenvalue weighted by atomic mass is 16.3. The molecule has 3 heterocycles. The molecule has 10 aromatic carbocycles. The molecule has 0 spiro atoms. The highest BCUT2D eigenvalue weighted by molar-refractivity contribution is 6.22. The molecule has 294 valence electrons. The highest BCUT2D eigenvalue weighted by Crippen LogP contribution is 2.45. The predicted molar refractivity (Wildman–Crippen MR) is 266 cm³/mol. The van der Waals surface area contributed by atoms with Crippen molar-refractivity contribution in [3.05, 3.63) is 231 Å². The third-order valence-electron chi connectivity index (χ3n) is 12.9. The molecular weight excluding hydrogens is 765 g/mol. The summed E-state index contributed by atoms with van der Waals surface area (Å²) >= 11 is 0. The molecule has 0 saturated heterocycles. The van der Waals surface area contributed by atoms with E-state index in [1.54, 1.807) is 0 Å². The summed E-state index contributed by atoms with van der Waals surface area (Å²) in [6.45, 7) is 0. The van der Waals surface area contributed by atoms with E-state index in [0.29, 0.717) is 0 Å². The monoisotopic (exact) mass is 802 g/mol. The SMILES string of the molecule is c1ccc(-c2ccc3c(c2)oc2cc(N(c4ccc(-c5ccc6c(c5)c5ccccc5n5c7ccccc7c(-c7ccccc7)c65)cc4)c4cccc5ccccc45)ccc23)cc1. The van der Waals surface area contributed by atoms with Crippen LogP contribution in [0.2, 0.25) is 0 Å². The summed E-state index contributed by atoms with van der Waals surface area (Å²) in [5, 5.41) is 9.57. The van der Waals surface area contributed by atoms with Crippen LogP contribution in [0.15, 0.2) is 235 Å². The number of para-hydroxylation sites is 2. The van der Waals surface area contributed by atoms with Gasteiger partial charge in [0.15, 0.2) is 0 Å². The fourth-order valence-electron chi connectivity index (χ4n) is 10.0. The summed E-state index contributed by atoms with van der Waals surface area (Å²) in [5.74, 6) is 0. The molecule has 0 aliphatic rings. The third kappa shape index (κ3) is 5.60.